The average Bonchev–Trinajstić information content (AvgIpc) is 3.65. The zero-order chi connectivity index (χ0) is 26.9. The van der Waals surface area contributed by atoms with Crippen LogP contribution in [0.2, 0.25) is 0 Å². The number of aromatic nitrogens is 2. The molecule has 1 spiro atoms. The second-order valence-electron chi connectivity index (χ2n) is 11.6. The monoisotopic (exact) mass is 529 g/mol. The minimum atomic E-state index is -4.45. The lowest BCUT2D eigenvalue weighted by Crippen LogP contribution is -2.42. The van der Waals surface area contributed by atoms with E-state index in [1.54, 1.807) is 6.07 Å². The standard InChI is InChI=1S/C32H30F3N3O/c1-19-15-20(2)36-27-10-9-23(16-25(19)27)38-13-11-31(12-14-38)17-22(18-31)28-29(37-39-30(28)21-7-8-21)24-5-3-4-6-26(24)32(33,34)35/h3-6,9-10,15-17,21H,7-8,11-14,18H2,1-2H3. The van der Waals surface area contributed by atoms with Crippen LogP contribution >= 0.6 is 0 Å². The van der Waals surface area contributed by atoms with E-state index in [2.05, 4.69) is 52.3 Å². The molecule has 200 valence electrons. The van der Waals surface area contributed by atoms with Gasteiger partial charge in [-0.1, -0.05) is 29.4 Å². The Morgan fingerprint density at radius 3 is 2.46 bits per heavy atom. The first-order valence-corrected chi connectivity index (χ1v) is 13.7. The molecule has 2 aromatic carbocycles. The molecule has 39 heavy (non-hydrogen) atoms. The first-order valence-electron chi connectivity index (χ1n) is 13.7. The number of nitrogens with zero attached hydrogens (tertiary/aromatic N) is 3. The van der Waals surface area contributed by atoms with E-state index >= 15 is 0 Å². The molecule has 0 radical (unpaired) electrons. The van der Waals surface area contributed by atoms with Gasteiger partial charge < -0.3 is 9.42 Å². The van der Waals surface area contributed by atoms with Crippen LogP contribution in [0.25, 0.3) is 27.7 Å². The predicted octanol–water partition coefficient (Wildman–Crippen LogP) is 8.48. The van der Waals surface area contributed by atoms with Crippen LogP contribution in [0.3, 0.4) is 0 Å². The van der Waals surface area contributed by atoms with Gasteiger partial charge in [0.2, 0.25) is 0 Å². The van der Waals surface area contributed by atoms with Gasteiger partial charge >= 0.3 is 6.18 Å². The van der Waals surface area contributed by atoms with Gasteiger partial charge in [-0.15, -0.1) is 0 Å². The molecular weight excluding hydrogens is 499 g/mol. The van der Waals surface area contributed by atoms with Crippen molar-refractivity contribution in [1.82, 2.24) is 10.1 Å². The highest BCUT2D eigenvalue weighted by molar-refractivity contribution is 5.87. The second-order valence-corrected chi connectivity index (χ2v) is 11.6. The molecular formula is C32H30F3N3O. The summed E-state index contributed by atoms with van der Waals surface area (Å²) in [5.74, 6) is 1.02. The molecule has 0 amide bonds. The number of anilines is 1. The van der Waals surface area contributed by atoms with Crippen molar-refractivity contribution in [2.45, 2.75) is 58.0 Å². The maximum absolute atomic E-state index is 13.8. The SMILES string of the molecule is Cc1cc(C)c2cc(N3CCC4(C=C(c5c(-c6ccccc6C(F)(F)F)noc5C5CC5)C4)CC3)ccc2n1. The number of benzene rings is 2. The molecule has 3 aliphatic rings. The molecule has 4 nitrogen and oxygen atoms in total. The Hall–Kier alpha value is -3.61. The molecule has 2 fully saturated rings. The van der Waals surface area contributed by atoms with Gasteiger partial charge in [-0.3, -0.25) is 4.98 Å². The van der Waals surface area contributed by atoms with Crippen molar-refractivity contribution in [2.75, 3.05) is 18.0 Å². The largest absolute Gasteiger partial charge is 0.417 e. The lowest BCUT2D eigenvalue weighted by molar-refractivity contribution is -0.137. The molecule has 0 unspecified atom stereocenters. The summed E-state index contributed by atoms with van der Waals surface area (Å²) < 4.78 is 47.3. The van der Waals surface area contributed by atoms with Gasteiger partial charge in [0.15, 0.2) is 0 Å². The van der Waals surface area contributed by atoms with Crippen LogP contribution < -0.4 is 4.90 Å². The average molecular weight is 530 g/mol. The Morgan fingerprint density at radius 1 is 1.00 bits per heavy atom. The molecule has 4 aromatic rings. The number of fused-ring (bicyclic) bond motifs is 1. The van der Waals surface area contributed by atoms with Crippen LogP contribution in [0.5, 0.6) is 0 Å². The van der Waals surface area contributed by atoms with Gasteiger partial charge in [-0.2, -0.15) is 13.2 Å². The summed E-state index contributed by atoms with van der Waals surface area (Å²) >= 11 is 0. The third-order valence-corrected chi connectivity index (χ3v) is 8.75. The zero-order valence-corrected chi connectivity index (χ0v) is 22.1. The van der Waals surface area contributed by atoms with Crippen LogP contribution in [0.1, 0.15) is 66.2 Å². The number of rotatable bonds is 4. The van der Waals surface area contributed by atoms with Crippen molar-refractivity contribution >= 4 is 22.2 Å². The number of aryl methyl sites for hydroxylation is 2. The van der Waals surface area contributed by atoms with Crippen molar-refractivity contribution in [3.8, 4) is 11.3 Å². The first-order chi connectivity index (χ1) is 18.7. The third-order valence-electron chi connectivity index (χ3n) is 8.75. The number of hydrogen-bond donors (Lipinski definition) is 0. The van der Waals surface area contributed by atoms with Crippen LogP contribution in [0, 0.1) is 19.3 Å². The Kier molecular flexibility index (Phi) is 5.45. The molecule has 7 rings (SSSR count). The van der Waals surface area contributed by atoms with Gasteiger partial charge in [0.25, 0.3) is 0 Å². The van der Waals surface area contributed by atoms with Crippen molar-refractivity contribution in [2.24, 2.45) is 5.41 Å². The quantitative estimate of drug-likeness (QED) is 0.266. The molecule has 2 aliphatic carbocycles. The summed E-state index contributed by atoms with van der Waals surface area (Å²) in [4.78, 5) is 7.11. The van der Waals surface area contributed by atoms with Gasteiger partial charge in [0.1, 0.15) is 11.5 Å². The highest BCUT2D eigenvalue weighted by Gasteiger charge is 2.44. The summed E-state index contributed by atoms with van der Waals surface area (Å²) in [6.45, 7) is 6.04. The summed E-state index contributed by atoms with van der Waals surface area (Å²) in [6.07, 6.45) is 2.72. The fourth-order valence-corrected chi connectivity index (χ4v) is 6.52. The zero-order valence-electron chi connectivity index (χ0n) is 22.1. The Labute approximate surface area is 225 Å². The lowest BCUT2D eigenvalue weighted by Gasteiger charge is -2.47. The minimum absolute atomic E-state index is 0.0795. The Morgan fingerprint density at radius 2 is 1.74 bits per heavy atom. The van der Waals surface area contributed by atoms with Crippen LogP contribution in [0.4, 0.5) is 18.9 Å². The summed E-state index contributed by atoms with van der Waals surface area (Å²) in [7, 11) is 0. The van der Waals surface area contributed by atoms with E-state index in [-0.39, 0.29) is 16.9 Å². The molecule has 0 atom stereocenters. The maximum Gasteiger partial charge on any atom is 0.417 e. The van der Waals surface area contributed by atoms with Crippen molar-refractivity contribution in [1.29, 1.82) is 0 Å². The van der Waals surface area contributed by atoms with E-state index in [1.807, 2.05) is 6.92 Å². The molecule has 7 heteroatoms. The first kappa shape index (κ1) is 24.4. The highest BCUT2D eigenvalue weighted by atomic mass is 19.4. The van der Waals surface area contributed by atoms with Crippen molar-refractivity contribution in [3.63, 3.8) is 0 Å². The summed E-state index contributed by atoms with van der Waals surface area (Å²) in [5, 5.41) is 5.41. The fraction of sp³-hybridized carbons (Fsp3) is 0.375. The van der Waals surface area contributed by atoms with E-state index in [4.69, 9.17) is 4.52 Å². The molecule has 2 aromatic heterocycles. The summed E-state index contributed by atoms with van der Waals surface area (Å²) in [6, 6.07) is 14.4. The van der Waals surface area contributed by atoms with Gasteiger partial charge in [0, 0.05) is 46.9 Å². The molecule has 0 N–H and O–H groups in total. The second kappa shape index (κ2) is 8.70. The van der Waals surface area contributed by atoms with Crippen molar-refractivity contribution in [3.05, 3.63) is 82.8 Å². The number of alkyl halides is 3. The highest BCUT2D eigenvalue weighted by Crippen LogP contribution is 2.56. The molecule has 0 bridgehead atoms. The summed E-state index contributed by atoms with van der Waals surface area (Å²) in [5.41, 5.74) is 6.25. The van der Waals surface area contributed by atoms with Crippen molar-refractivity contribution < 1.29 is 17.7 Å². The molecule has 1 aliphatic heterocycles. The number of piperidine rings is 1. The Balaban J connectivity index is 1.16. The van der Waals surface area contributed by atoms with E-state index in [9.17, 15) is 13.2 Å². The smallest absolute Gasteiger partial charge is 0.371 e. The maximum atomic E-state index is 13.8. The van der Waals surface area contributed by atoms with Crippen LogP contribution in [-0.2, 0) is 6.18 Å². The molecule has 1 saturated heterocycles. The number of allylic oxidation sites excluding steroid dienone is 2. The van der Waals surface area contributed by atoms with E-state index in [0.29, 0.717) is 5.69 Å². The number of halogens is 3. The number of pyridine rings is 1. The van der Waals surface area contributed by atoms with Gasteiger partial charge in [0.05, 0.1) is 11.1 Å². The molecule has 1 saturated carbocycles. The topological polar surface area (TPSA) is 42.2 Å². The molecule has 3 heterocycles. The Bertz CT molecular complexity index is 1620. The van der Waals surface area contributed by atoms with Gasteiger partial charge in [-0.25, -0.2) is 0 Å². The van der Waals surface area contributed by atoms with Gasteiger partial charge in [-0.05, 0) is 92.8 Å². The fourth-order valence-electron chi connectivity index (χ4n) is 6.52. The minimum Gasteiger partial charge on any atom is -0.371 e. The normalized spacial score (nSPS) is 18.9. The van der Waals surface area contributed by atoms with E-state index < -0.39 is 11.7 Å². The van der Waals surface area contributed by atoms with E-state index in [0.717, 1.165) is 79.4 Å². The number of hydrogen-bond acceptors (Lipinski definition) is 4. The van der Waals surface area contributed by atoms with Crippen LogP contribution in [0.15, 0.2) is 59.1 Å². The van der Waals surface area contributed by atoms with E-state index in [1.165, 1.54) is 28.8 Å². The predicted molar refractivity (Wildman–Crippen MR) is 147 cm³/mol. The lowest BCUT2D eigenvalue weighted by atomic mass is 9.63. The van der Waals surface area contributed by atoms with Crippen LogP contribution in [-0.4, -0.2) is 23.2 Å². The third kappa shape index (κ3) is 4.23.